The summed E-state index contributed by atoms with van der Waals surface area (Å²) in [4.78, 5) is 11.9. The van der Waals surface area contributed by atoms with Crippen molar-refractivity contribution in [3.05, 3.63) is 42.7 Å². The van der Waals surface area contributed by atoms with Crippen LogP contribution in [0.1, 0.15) is 5.82 Å². The number of rotatable bonds is 5. The van der Waals surface area contributed by atoms with Gasteiger partial charge < -0.3 is 15.6 Å². The van der Waals surface area contributed by atoms with Crippen molar-refractivity contribution in [2.24, 2.45) is 4.99 Å². The molecule has 5 nitrogen and oxygen atoms in total. The van der Waals surface area contributed by atoms with Gasteiger partial charge in [-0.2, -0.15) is 0 Å². The van der Waals surface area contributed by atoms with E-state index in [2.05, 4.69) is 32.2 Å². The topological polar surface area (TPSA) is 65.1 Å². The van der Waals surface area contributed by atoms with Crippen LogP contribution >= 0.6 is 0 Å². The summed E-state index contributed by atoms with van der Waals surface area (Å²) in [5.74, 6) is 1.75. The van der Waals surface area contributed by atoms with Gasteiger partial charge in [0.2, 0.25) is 0 Å². The lowest BCUT2D eigenvalue weighted by Crippen LogP contribution is -2.38. The van der Waals surface area contributed by atoms with Crippen molar-refractivity contribution >= 4 is 17.0 Å². The Hall–Kier alpha value is -2.30. The summed E-state index contributed by atoms with van der Waals surface area (Å²) in [6.45, 7) is 5.13. The van der Waals surface area contributed by atoms with Gasteiger partial charge in [0, 0.05) is 26.6 Å². The molecule has 0 spiro atoms. The Kier molecular flexibility index (Phi) is 4.55. The van der Waals surface area contributed by atoms with Crippen molar-refractivity contribution in [3.63, 3.8) is 0 Å². The maximum atomic E-state index is 4.53. The quantitative estimate of drug-likeness (QED) is 0.431. The van der Waals surface area contributed by atoms with Gasteiger partial charge >= 0.3 is 0 Å². The summed E-state index contributed by atoms with van der Waals surface area (Å²) in [6.07, 6.45) is 2.62. The molecule has 2 aromatic rings. The maximum absolute atomic E-state index is 4.53. The first-order valence-electron chi connectivity index (χ1n) is 6.32. The third-order valence-corrected chi connectivity index (χ3v) is 2.73. The lowest BCUT2D eigenvalue weighted by atomic mass is 10.3. The number of aromatic amines is 1. The first-order chi connectivity index (χ1) is 9.33. The standard InChI is InChI=1S/C14H19N5/c1-3-9-16-14(15-2)17-10-8-13-18-11-6-4-5-7-12(11)19-13/h3-7H,1,8-10H2,2H3,(H,18,19)(H2,15,16,17). The zero-order valence-electron chi connectivity index (χ0n) is 11.1. The van der Waals surface area contributed by atoms with Crippen LogP contribution in [0.2, 0.25) is 0 Å². The van der Waals surface area contributed by atoms with Crippen molar-refractivity contribution in [2.75, 3.05) is 20.1 Å². The van der Waals surface area contributed by atoms with Crippen LogP contribution in [0, 0.1) is 0 Å². The number of benzene rings is 1. The molecule has 0 amide bonds. The number of imidazole rings is 1. The van der Waals surface area contributed by atoms with Crippen LogP contribution in [0.25, 0.3) is 11.0 Å². The fraction of sp³-hybridized carbons (Fsp3) is 0.286. The highest BCUT2D eigenvalue weighted by atomic mass is 15.2. The van der Waals surface area contributed by atoms with Crippen LogP contribution in [0.4, 0.5) is 0 Å². The molecule has 0 saturated carbocycles. The van der Waals surface area contributed by atoms with E-state index in [1.54, 1.807) is 13.1 Å². The van der Waals surface area contributed by atoms with E-state index in [0.29, 0.717) is 6.54 Å². The van der Waals surface area contributed by atoms with Gasteiger partial charge in [-0.15, -0.1) is 6.58 Å². The molecule has 0 aliphatic carbocycles. The van der Waals surface area contributed by atoms with E-state index in [0.717, 1.165) is 35.8 Å². The fourth-order valence-electron chi connectivity index (χ4n) is 1.81. The zero-order chi connectivity index (χ0) is 13.5. The van der Waals surface area contributed by atoms with Gasteiger partial charge in [-0.1, -0.05) is 18.2 Å². The van der Waals surface area contributed by atoms with E-state index in [9.17, 15) is 0 Å². The Morgan fingerprint density at radius 1 is 1.42 bits per heavy atom. The van der Waals surface area contributed by atoms with Gasteiger partial charge in [-0.05, 0) is 12.1 Å². The SMILES string of the molecule is C=CCNC(=NC)NCCc1nc2ccccc2[nH]1. The molecular formula is C14H19N5. The average Bonchev–Trinajstić information content (AvgIpc) is 2.85. The molecular weight excluding hydrogens is 238 g/mol. The molecule has 0 aliphatic heterocycles. The van der Waals surface area contributed by atoms with Crippen LogP contribution in [-0.2, 0) is 6.42 Å². The summed E-state index contributed by atoms with van der Waals surface area (Å²) in [5.41, 5.74) is 2.08. The van der Waals surface area contributed by atoms with Crippen molar-refractivity contribution in [3.8, 4) is 0 Å². The molecule has 19 heavy (non-hydrogen) atoms. The molecule has 3 N–H and O–H groups in total. The molecule has 0 unspecified atom stereocenters. The predicted molar refractivity (Wildman–Crippen MR) is 79.4 cm³/mol. The smallest absolute Gasteiger partial charge is 0.191 e. The summed E-state index contributed by atoms with van der Waals surface area (Å²) in [7, 11) is 1.75. The number of hydrogen-bond acceptors (Lipinski definition) is 2. The average molecular weight is 257 g/mol. The highest BCUT2D eigenvalue weighted by Crippen LogP contribution is 2.10. The molecule has 0 saturated heterocycles. The summed E-state index contributed by atoms with van der Waals surface area (Å²) in [5, 5.41) is 6.35. The normalized spacial score (nSPS) is 11.5. The Morgan fingerprint density at radius 2 is 2.26 bits per heavy atom. The number of nitrogens with zero attached hydrogens (tertiary/aromatic N) is 2. The summed E-state index contributed by atoms with van der Waals surface area (Å²) in [6, 6.07) is 8.03. The Bertz CT molecular complexity index is 537. The molecule has 0 bridgehead atoms. The number of fused-ring (bicyclic) bond motifs is 1. The maximum Gasteiger partial charge on any atom is 0.191 e. The van der Waals surface area contributed by atoms with E-state index in [1.165, 1.54) is 0 Å². The van der Waals surface area contributed by atoms with Crippen molar-refractivity contribution in [1.29, 1.82) is 0 Å². The van der Waals surface area contributed by atoms with Crippen LogP contribution in [0.3, 0.4) is 0 Å². The second-order valence-corrected chi connectivity index (χ2v) is 4.12. The molecule has 2 rings (SSSR count). The van der Waals surface area contributed by atoms with Gasteiger partial charge in [0.05, 0.1) is 11.0 Å². The van der Waals surface area contributed by atoms with Gasteiger partial charge in [-0.25, -0.2) is 4.98 Å². The van der Waals surface area contributed by atoms with E-state index < -0.39 is 0 Å². The Morgan fingerprint density at radius 3 is 3.00 bits per heavy atom. The summed E-state index contributed by atoms with van der Waals surface area (Å²) < 4.78 is 0. The molecule has 100 valence electrons. The first-order valence-corrected chi connectivity index (χ1v) is 6.32. The number of guanidine groups is 1. The van der Waals surface area contributed by atoms with Crippen molar-refractivity contribution in [2.45, 2.75) is 6.42 Å². The summed E-state index contributed by atoms with van der Waals surface area (Å²) >= 11 is 0. The molecule has 0 fully saturated rings. The van der Waals surface area contributed by atoms with E-state index in [-0.39, 0.29) is 0 Å². The van der Waals surface area contributed by atoms with Crippen LogP contribution < -0.4 is 10.6 Å². The molecule has 1 aromatic carbocycles. The Labute approximate surface area is 112 Å². The van der Waals surface area contributed by atoms with E-state index >= 15 is 0 Å². The third-order valence-electron chi connectivity index (χ3n) is 2.73. The molecule has 1 aromatic heterocycles. The van der Waals surface area contributed by atoms with E-state index in [1.807, 2.05) is 24.3 Å². The largest absolute Gasteiger partial charge is 0.356 e. The van der Waals surface area contributed by atoms with Crippen LogP contribution in [-0.4, -0.2) is 36.1 Å². The van der Waals surface area contributed by atoms with Crippen molar-refractivity contribution < 1.29 is 0 Å². The monoisotopic (exact) mass is 257 g/mol. The van der Waals surface area contributed by atoms with Crippen LogP contribution in [0.5, 0.6) is 0 Å². The number of para-hydroxylation sites is 2. The minimum absolute atomic E-state index is 0.699. The number of H-pyrrole nitrogens is 1. The van der Waals surface area contributed by atoms with Gasteiger partial charge in [0.1, 0.15) is 5.82 Å². The zero-order valence-corrected chi connectivity index (χ0v) is 11.1. The third kappa shape index (κ3) is 3.58. The molecule has 0 aliphatic rings. The Balaban J connectivity index is 1.86. The number of hydrogen-bond donors (Lipinski definition) is 3. The highest BCUT2D eigenvalue weighted by molar-refractivity contribution is 5.79. The number of nitrogens with one attached hydrogen (secondary N) is 3. The number of aromatic nitrogens is 2. The lowest BCUT2D eigenvalue weighted by molar-refractivity contribution is 0.796. The molecule has 0 atom stereocenters. The predicted octanol–water partition coefficient (Wildman–Crippen LogP) is 1.46. The molecule has 5 heteroatoms. The second-order valence-electron chi connectivity index (χ2n) is 4.12. The second kappa shape index (κ2) is 6.58. The highest BCUT2D eigenvalue weighted by Gasteiger charge is 2.02. The molecule has 0 radical (unpaired) electrons. The lowest BCUT2D eigenvalue weighted by Gasteiger charge is -2.09. The van der Waals surface area contributed by atoms with E-state index in [4.69, 9.17) is 0 Å². The van der Waals surface area contributed by atoms with Gasteiger partial charge in [0.15, 0.2) is 5.96 Å². The minimum atomic E-state index is 0.699. The van der Waals surface area contributed by atoms with Gasteiger partial charge in [-0.3, -0.25) is 4.99 Å². The minimum Gasteiger partial charge on any atom is -0.356 e. The van der Waals surface area contributed by atoms with Crippen molar-refractivity contribution in [1.82, 2.24) is 20.6 Å². The molecule has 1 heterocycles. The fourth-order valence-corrected chi connectivity index (χ4v) is 1.81. The van der Waals surface area contributed by atoms with Crippen LogP contribution in [0.15, 0.2) is 41.9 Å². The first kappa shape index (κ1) is 13.1. The number of aliphatic imine (C=N–C) groups is 1. The van der Waals surface area contributed by atoms with Gasteiger partial charge in [0.25, 0.3) is 0 Å².